The lowest BCUT2D eigenvalue weighted by Crippen LogP contribution is -2.46. The number of carbonyl (C=O) groups is 1. The SMILES string of the molecule is CC(=O)OC(COS(=O)(=O)c1c(C(C)C)cc(C(C)C)cc1C(C)C)C1(c2ccccc2)OCCO1. The highest BCUT2D eigenvalue weighted by atomic mass is 32.2. The van der Waals surface area contributed by atoms with Gasteiger partial charge in [-0.25, -0.2) is 0 Å². The highest BCUT2D eigenvalue weighted by Crippen LogP contribution is 2.39. The van der Waals surface area contributed by atoms with E-state index >= 15 is 0 Å². The molecule has 1 saturated heterocycles. The van der Waals surface area contributed by atoms with Crippen LogP contribution in [0.1, 0.15) is 88.5 Å². The minimum atomic E-state index is -4.23. The smallest absolute Gasteiger partial charge is 0.303 e. The van der Waals surface area contributed by atoms with Crippen molar-refractivity contribution in [3.05, 3.63) is 64.7 Å². The summed E-state index contributed by atoms with van der Waals surface area (Å²) in [7, 11) is -4.23. The Labute approximate surface area is 215 Å². The molecule has 7 nitrogen and oxygen atoms in total. The van der Waals surface area contributed by atoms with Gasteiger partial charge in [0.1, 0.15) is 11.5 Å². The second-order valence-electron chi connectivity index (χ2n) is 10.1. The van der Waals surface area contributed by atoms with Gasteiger partial charge in [0.25, 0.3) is 10.1 Å². The van der Waals surface area contributed by atoms with Gasteiger partial charge in [-0.1, -0.05) is 84.0 Å². The number of hydrogen-bond acceptors (Lipinski definition) is 7. The fourth-order valence-corrected chi connectivity index (χ4v) is 6.03. The summed E-state index contributed by atoms with van der Waals surface area (Å²) in [5.74, 6) is -1.91. The van der Waals surface area contributed by atoms with E-state index in [-0.39, 0.29) is 35.9 Å². The lowest BCUT2D eigenvalue weighted by atomic mass is 9.89. The van der Waals surface area contributed by atoms with Crippen LogP contribution in [0.4, 0.5) is 0 Å². The van der Waals surface area contributed by atoms with Crippen LogP contribution in [0.2, 0.25) is 0 Å². The molecular formula is C28H38O7S. The van der Waals surface area contributed by atoms with Crippen LogP contribution in [0.5, 0.6) is 0 Å². The van der Waals surface area contributed by atoms with Crippen molar-refractivity contribution in [3.63, 3.8) is 0 Å². The van der Waals surface area contributed by atoms with Crippen LogP contribution in [-0.2, 0) is 39.1 Å². The molecule has 0 radical (unpaired) electrons. The summed E-state index contributed by atoms with van der Waals surface area (Å²) in [6.07, 6.45) is -1.14. The highest BCUT2D eigenvalue weighted by Gasteiger charge is 2.49. The van der Waals surface area contributed by atoms with Crippen LogP contribution in [0.25, 0.3) is 0 Å². The maximum atomic E-state index is 13.8. The van der Waals surface area contributed by atoms with E-state index in [4.69, 9.17) is 18.4 Å². The number of rotatable bonds is 10. The first kappa shape index (κ1) is 28.3. The van der Waals surface area contributed by atoms with E-state index in [1.807, 2.05) is 58.0 Å². The molecule has 0 spiro atoms. The van der Waals surface area contributed by atoms with Gasteiger partial charge in [0.15, 0.2) is 6.10 Å². The van der Waals surface area contributed by atoms with Crippen molar-refractivity contribution in [2.45, 2.75) is 83.0 Å². The fourth-order valence-electron chi connectivity index (χ4n) is 4.45. The first-order valence-electron chi connectivity index (χ1n) is 12.5. The highest BCUT2D eigenvalue weighted by molar-refractivity contribution is 7.86. The zero-order valence-corrected chi connectivity index (χ0v) is 23.1. The molecule has 2 aromatic carbocycles. The van der Waals surface area contributed by atoms with Crippen molar-refractivity contribution in [3.8, 4) is 0 Å². The summed E-state index contributed by atoms with van der Waals surface area (Å²) in [6.45, 7) is 13.4. The Morgan fingerprint density at radius 3 is 1.89 bits per heavy atom. The predicted octanol–water partition coefficient (Wildman–Crippen LogP) is 5.59. The van der Waals surface area contributed by atoms with Crippen LogP contribution in [0.15, 0.2) is 47.4 Å². The van der Waals surface area contributed by atoms with Crippen LogP contribution in [-0.4, -0.2) is 40.3 Å². The molecule has 2 aromatic rings. The maximum Gasteiger partial charge on any atom is 0.303 e. The van der Waals surface area contributed by atoms with Gasteiger partial charge >= 0.3 is 5.97 Å². The van der Waals surface area contributed by atoms with Crippen LogP contribution >= 0.6 is 0 Å². The molecule has 1 aliphatic heterocycles. The molecule has 198 valence electrons. The second-order valence-corrected chi connectivity index (χ2v) is 11.6. The van der Waals surface area contributed by atoms with Crippen LogP contribution in [0, 0.1) is 0 Å². The molecule has 0 aliphatic carbocycles. The first-order chi connectivity index (χ1) is 16.9. The normalized spacial score (nSPS) is 16.6. The van der Waals surface area contributed by atoms with Gasteiger partial charge < -0.3 is 14.2 Å². The molecule has 1 fully saturated rings. The molecule has 3 rings (SSSR count). The summed E-state index contributed by atoms with van der Waals surface area (Å²) >= 11 is 0. The predicted molar refractivity (Wildman–Crippen MR) is 137 cm³/mol. The average Bonchev–Trinajstić information content (AvgIpc) is 3.32. The molecule has 0 bridgehead atoms. The van der Waals surface area contributed by atoms with Crippen molar-refractivity contribution in [1.82, 2.24) is 0 Å². The molecule has 0 saturated carbocycles. The molecule has 0 amide bonds. The monoisotopic (exact) mass is 518 g/mol. The molecule has 1 unspecified atom stereocenters. The number of hydrogen-bond donors (Lipinski definition) is 0. The van der Waals surface area contributed by atoms with E-state index in [0.717, 1.165) is 5.56 Å². The van der Waals surface area contributed by atoms with E-state index < -0.39 is 34.6 Å². The molecular weight excluding hydrogens is 480 g/mol. The van der Waals surface area contributed by atoms with Gasteiger partial charge in [0.2, 0.25) is 5.79 Å². The third kappa shape index (κ3) is 5.99. The number of esters is 1. The van der Waals surface area contributed by atoms with Crippen molar-refractivity contribution in [1.29, 1.82) is 0 Å². The summed E-state index contributed by atoms with van der Waals surface area (Å²) < 4.78 is 50.6. The summed E-state index contributed by atoms with van der Waals surface area (Å²) in [5.41, 5.74) is 3.11. The van der Waals surface area contributed by atoms with E-state index in [9.17, 15) is 13.2 Å². The third-order valence-corrected chi connectivity index (χ3v) is 7.75. The largest absolute Gasteiger partial charge is 0.454 e. The summed E-state index contributed by atoms with van der Waals surface area (Å²) in [4.78, 5) is 12.2. The lowest BCUT2D eigenvalue weighted by Gasteiger charge is -2.34. The quantitative estimate of drug-likeness (QED) is 0.299. The Balaban J connectivity index is 2.05. The summed E-state index contributed by atoms with van der Waals surface area (Å²) in [6, 6.07) is 12.9. The molecule has 36 heavy (non-hydrogen) atoms. The molecule has 1 atom stereocenters. The van der Waals surface area contributed by atoms with Crippen molar-refractivity contribution in [2.24, 2.45) is 0 Å². The zero-order valence-electron chi connectivity index (χ0n) is 22.2. The second kappa shape index (κ2) is 11.4. The van der Waals surface area contributed by atoms with Gasteiger partial charge in [-0.2, -0.15) is 8.42 Å². The standard InChI is InChI=1S/C28H38O7S/c1-18(2)22-15-24(19(3)4)27(25(16-22)20(5)6)36(30,31)34-17-26(35-21(7)29)28(32-13-14-33-28)23-11-9-8-10-12-23/h8-12,15-16,18-20,26H,13-14,17H2,1-7H3. The minimum absolute atomic E-state index is 0.0454. The van der Waals surface area contributed by atoms with Crippen molar-refractivity contribution >= 4 is 16.1 Å². The third-order valence-electron chi connectivity index (χ3n) is 6.33. The Kier molecular flexibility index (Phi) is 8.98. The van der Waals surface area contributed by atoms with Gasteiger partial charge in [-0.05, 0) is 34.4 Å². The number of carbonyl (C=O) groups excluding carboxylic acids is 1. The topological polar surface area (TPSA) is 88.1 Å². The Hall–Kier alpha value is -2.26. The lowest BCUT2D eigenvalue weighted by molar-refractivity contribution is -0.244. The minimum Gasteiger partial charge on any atom is -0.454 e. The number of ether oxygens (including phenoxy) is 3. The first-order valence-corrected chi connectivity index (χ1v) is 13.9. The van der Waals surface area contributed by atoms with Crippen molar-refractivity contribution in [2.75, 3.05) is 19.8 Å². The van der Waals surface area contributed by atoms with E-state index in [0.29, 0.717) is 16.7 Å². The molecule has 8 heteroatoms. The molecule has 0 N–H and O–H groups in total. The zero-order chi connectivity index (χ0) is 26.7. The van der Waals surface area contributed by atoms with E-state index in [1.54, 1.807) is 12.1 Å². The molecule has 1 aliphatic rings. The van der Waals surface area contributed by atoms with Gasteiger partial charge in [-0.15, -0.1) is 0 Å². The average molecular weight is 519 g/mol. The van der Waals surface area contributed by atoms with E-state index in [1.165, 1.54) is 6.92 Å². The molecule has 1 heterocycles. The number of benzene rings is 2. The Morgan fingerprint density at radius 1 is 0.917 bits per heavy atom. The Morgan fingerprint density at radius 2 is 1.44 bits per heavy atom. The van der Waals surface area contributed by atoms with Gasteiger partial charge in [0, 0.05) is 12.5 Å². The Bertz CT molecular complexity index is 1120. The molecule has 0 aromatic heterocycles. The fraction of sp³-hybridized carbons (Fsp3) is 0.536. The van der Waals surface area contributed by atoms with Crippen molar-refractivity contribution < 1.29 is 31.6 Å². The summed E-state index contributed by atoms with van der Waals surface area (Å²) in [5, 5.41) is 0. The van der Waals surface area contributed by atoms with Crippen LogP contribution < -0.4 is 0 Å². The van der Waals surface area contributed by atoms with Gasteiger partial charge in [-0.3, -0.25) is 8.98 Å². The van der Waals surface area contributed by atoms with Crippen LogP contribution in [0.3, 0.4) is 0 Å². The van der Waals surface area contributed by atoms with E-state index in [2.05, 4.69) is 13.8 Å². The van der Waals surface area contributed by atoms with Gasteiger partial charge in [0.05, 0.1) is 13.2 Å². The maximum absolute atomic E-state index is 13.8.